The zero-order valence-electron chi connectivity index (χ0n) is 10.7. The van der Waals surface area contributed by atoms with Crippen LogP contribution in [0.4, 0.5) is 5.69 Å². The van der Waals surface area contributed by atoms with Crippen molar-refractivity contribution in [3.05, 3.63) is 51.7 Å². The lowest BCUT2D eigenvalue weighted by Gasteiger charge is -2.08. The van der Waals surface area contributed by atoms with Crippen molar-refractivity contribution in [2.75, 3.05) is 5.32 Å². The highest BCUT2D eigenvalue weighted by atomic mass is 35.5. The van der Waals surface area contributed by atoms with Gasteiger partial charge in [0.1, 0.15) is 6.07 Å². The van der Waals surface area contributed by atoms with Crippen molar-refractivity contribution in [3.63, 3.8) is 0 Å². The highest BCUT2D eigenvalue weighted by Gasteiger charge is 2.10. The van der Waals surface area contributed by atoms with Gasteiger partial charge < -0.3 is 5.32 Å². The van der Waals surface area contributed by atoms with Gasteiger partial charge in [-0.3, -0.25) is 4.40 Å². The zero-order chi connectivity index (χ0) is 14.1. The summed E-state index contributed by atoms with van der Waals surface area (Å²) in [6.45, 7) is 2.58. The lowest BCUT2D eigenvalue weighted by molar-refractivity contribution is 0.994. The minimum Gasteiger partial charge on any atom is -0.378 e. The number of thiazole rings is 1. The number of fused-ring (bicyclic) bond motifs is 1. The molecule has 0 spiro atoms. The Bertz CT molecular complexity index is 812. The van der Waals surface area contributed by atoms with Crippen LogP contribution in [0.3, 0.4) is 0 Å². The molecule has 0 aliphatic heterocycles. The fourth-order valence-electron chi connectivity index (χ4n) is 2.09. The molecule has 0 fully saturated rings. The van der Waals surface area contributed by atoms with Crippen LogP contribution in [0.15, 0.2) is 29.8 Å². The Hall–Kier alpha value is -2.03. The number of aromatic nitrogens is 2. The van der Waals surface area contributed by atoms with Crippen LogP contribution in [0.5, 0.6) is 0 Å². The Balaban J connectivity index is 1.90. The van der Waals surface area contributed by atoms with Gasteiger partial charge >= 0.3 is 0 Å². The number of aryl methyl sites for hydroxylation is 1. The minimum atomic E-state index is 0.582. The smallest absolute Gasteiger partial charge is 0.194 e. The molecule has 0 saturated carbocycles. The first-order chi connectivity index (χ1) is 9.69. The Morgan fingerprint density at radius 2 is 2.35 bits per heavy atom. The fourth-order valence-corrected chi connectivity index (χ4v) is 3.04. The average Bonchev–Trinajstić information content (AvgIpc) is 2.97. The molecule has 2 aromatic heterocycles. The number of nitrogens with one attached hydrogen (secondary N) is 1. The Kier molecular flexibility index (Phi) is 3.35. The van der Waals surface area contributed by atoms with E-state index in [9.17, 15) is 0 Å². The van der Waals surface area contributed by atoms with E-state index in [2.05, 4.69) is 20.8 Å². The summed E-state index contributed by atoms with van der Waals surface area (Å²) in [4.78, 5) is 5.47. The third kappa shape index (κ3) is 2.24. The molecule has 20 heavy (non-hydrogen) atoms. The monoisotopic (exact) mass is 302 g/mol. The summed E-state index contributed by atoms with van der Waals surface area (Å²) in [5, 5.41) is 15.0. The summed E-state index contributed by atoms with van der Waals surface area (Å²) in [5.74, 6) is 0. The van der Waals surface area contributed by atoms with E-state index in [1.807, 2.05) is 18.5 Å². The van der Waals surface area contributed by atoms with E-state index in [-0.39, 0.29) is 0 Å². The molecule has 6 heteroatoms. The number of halogens is 1. The first kappa shape index (κ1) is 13.0. The molecule has 2 heterocycles. The van der Waals surface area contributed by atoms with Crippen LogP contribution < -0.4 is 5.32 Å². The molecule has 0 bridgehead atoms. The lowest BCUT2D eigenvalue weighted by atomic mass is 10.2. The summed E-state index contributed by atoms with van der Waals surface area (Å²) in [5.41, 5.74) is 3.40. The fraction of sp³-hybridized carbons (Fsp3) is 0.143. The third-order valence-electron chi connectivity index (χ3n) is 3.11. The second kappa shape index (κ2) is 5.16. The van der Waals surface area contributed by atoms with Gasteiger partial charge in [0.2, 0.25) is 0 Å². The molecular formula is C14H11ClN4S. The van der Waals surface area contributed by atoms with Crippen LogP contribution in [0.2, 0.25) is 5.02 Å². The summed E-state index contributed by atoms with van der Waals surface area (Å²) in [6, 6.07) is 7.35. The van der Waals surface area contributed by atoms with Crippen LogP contribution in [-0.2, 0) is 6.54 Å². The molecule has 0 atom stereocenters. The van der Waals surface area contributed by atoms with Crippen molar-refractivity contribution in [1.29, 1.82) is 5.26 Å². The number of anilines is 1. The van der Waals surface area contributed by atoms with Gasteiger partial charge in [0.05, 0.1) is 29.2 Å². The van der Waals surface area contributed by atoms with Gasteiger partial charge in [-0.25, -0.2) is 4.98 Å². The molecule has 0 saturated heterocycles. The van der Waals surface area contributed by atoms with E-state index in [4.69, 9.17) is 16.9 Å². The third-order valence-corrected chi connectivity index (χ3v) is 4.10. The second-order valence-corrected chi connectivity index (χ2v) is 5.66. The maximum Gasteiger partial charge on any atom is 0.194 e. The van der Waals surface area contributed by atoms with Gasteiger partial charge in [0.15, 0.2) is 4.96 Å². The Labute approximate surface area is 125 Å². The van der Waals surface area contributed by atoms with Crippen LogP contribution in [-0.4, -0.2) is 9.38 Å². The normalized spacial score (nSPS) is 10.7. The van der Waals surface area contributed by atoms with Crippen molar-refractivity contribution in [1.82, 2.24) is 9.38 Å². The predicted molar refractivity (Wildman–Crippen MR) is 81.3 cm³/mol. The molecule has 4 nitrogen and oxygen atoms in total. The molecule has 1 N–H and O–H groups in total. The molecule has 1 aromatic carbocycles. The van der Waals surface area contributed by atoms with Gasteiger partial charge in [-0.15, -0.1) is 11.3 Å². The van der Waals surface area contributed by atoms with Crippen LogP contribution >= 0.6 is 22.9 Å². The lowest BCUT2D eigenvalue weighted by Crippen LogP contribution is -2.04. The van der Waals surface area contributed by atoms with Gasteiger partial charge in [0.25, 0.3) is 0 Å². The van der Waals surface area contributed by atoms with Crippen molar-refractivity contribution in [2.45, 2.75) is 13.5 Å². The highest BCUT2D eigenvalue weighted by molar-refractivity contribution is 7.15. The minimum absolute atomic E-state index is 0.582. The first-order valence-corrected chi connectivity index (χ1v) is 7.29. The number of hydrogen-bond acceptors (Lipinski definition) is 4. The van der Waals surface area contributed by atoms with Crippen LogP contribution in [0.25, 0.3) is 4.96 Å². The molecule has 3 aromatic rings. The second-order valence-electron chi connectivity index (χ2n) is 4.35. The average molecular weight is 303 g/mol. The van der Waals surface area contributed by atoms with Crippen molar-refractivity contribution >= 4 is 33.6 Å². The van der Waals surface area contributed by atoms with Gasteiger partial charge in [-0.2, -0.15) is 5.26 Å². The topological polar surface area (TPSA) is 53.1 Å². The van der Waals surface area contributed by atoms with Crippen molar-refractivity contribution in [2.24, 2.45) is 0 Å². The zero-order valence-corrected chi connectivity index (χ0v) is 12.3. The quantitative estimate of drug-likeness (QED) is 0.799. The molecule has 0 radical (unpaired) electrons. The molecule has 0 unspecified atom stereocenters. The van der Waals surface area contributed by atoms with Gasteiger partial charge in [-0.1, -0.05) is 11.6 Å². The number of imidazole rings is 1. The van der Waals surface area contributed by atoms with Gasteiger partial charge in [-0.05, 0) is 25.1 Å². The standard InChI is InChI=1S/C14H11ClN4S/c1-9-13(19-4-5-20-14(19)18-9)8-17-12-6-11(15)3-2-10(12)7-16/h2-6,17H,8H2,1H3. The van der Waals surface area contributed by atoms with Crippen molar-refractivity contribution in [3.8, 4) is 6.07 Å². The number of nitrogens with zero attached hydrogens (tertiary/aromatic N) is 3. The molecule has 3 rings (SSSR count). The number of nitriles is 1. The van der Waals surface area contributed by atoms with Gasteiger partial charge in [0, 0.05) is 16.6 Å². The van der Waals surface area contributed by atoms with Crippen LogP contribution in [0, 0.1) is 18.3 Å². The molecule has 100 valence electrons. The molecule has 0 aliphatic carbocycles. The summed E-state index contributed by atoms with van der Waals surface area (Å²) >= 11 is 7.58. The van der Waals surface area contributed by atoms with E-state index < -0.39 is 0 Å². The molecule has 0 aliphatic rings. The SMILES string of the molecule is Cc1nc2sccn2c1CNc1cc(Cl)ccc1C#N. The van der Waals surface area contributed by atoms with Crippen molar-refractivity contribution < 1.29 is 0 Å². The number of rotatable bonds is 3. The van der Waals surface area contributed by atoms with E-state index in [0.29, 0.717) is 17.1 Å². The molecular weight excluding hydrogens is 292 g/mol. The first-order valence-electron chi connectivity index (χ1n) is 6.03. The van der Waals surface area contributed by atoms with E-state index in [1.165, 1.54) is 0 Å². The predicted octanol–water partition coefficient (Wildman–Crippen LogP) is 3.84. The number of hydrogen-bond donors (Lipinski definition) is 1. The van der Waals surface area contributed by atoms with E-state index >= 15 is 0 Å². The van der Waals surface area contributed by atoms with E-state index in [1.54, 1.807) is 29.5 Å². The summed E-state index contributed by atoms with van der Waals surface area (Å²) in [6.07, 6.45) is 2.00. The Morgan fingerprint density at radius 1 is 1.50 bits per heavy atom. The highest BCUT2D eigenvalue weighted by Crippen LogP contribution is 2.22. The van der Waals surface area contributed by atoms with E-state index in [0.717, 1.165) is 22.0 Å². The maximum atomic E-state index is 9.11. The summed E-state index contributed by atoms with van der Waals surface area (Å²) in [7, 11) is 0. The number of benzene rings is 1. The maximum absolute atomic E-state index is 9.11. The largest absolute Gasteiger partial charge is 0.378 e. The molecule has 0 amide bonds. The summed E-state index contributed by atoms with van der Waals surface area (Å²) < 4.78 is 2.06. The Morgan fingerprint density at radius 3 is 3.15 bits per heavy atom. The van der Waals surface area contributed by atoms with Crippen LogP contribution in [0.1, 0.15) is 17.0 Å².